The molecule has 0 saturated carbocycles. The van der Waals surface area contributed by atoms with Gasteiger partial charge in [-0.25, -0.2) is 9.97 Å². The minimum Gasteiger partial charge on any atom is -0.368 e. The molecule has 0 aliphatic carbocycles. The molecule has 2 rings (SSSR count). The lowest BCUT2D eigenvalue weighted by Crippen LogP contribution is -2.11. The van der Waals surface area contributed by atoms with Gasteiger partial charge in [0.2, 0.25) is 5.95 Å². The molecule has 2 aromatic heterocycles. The van der Waals surface area contributed by atoms with Crippen LogP contribution in [0.25, 0.3) is 11.3 Å². The topological polar surface area (TPSA) is 69.6 Å². The van der Waals surface area contributed by atoms with Gasteiger partial charge in [0.25, 0.3) is 0 Å². The number of hydrogen-bond donors (Lipinski definition) is 1. The number of nitrogens with two attached hydrogens (primary N) is 1. The van der Waals surface area contributed by atoms with Gasteiger partial charge >= 0.3 is 6.18 Å². The summed E-state index contributed by atoms with van der Waals surface area (Å²) in [6, 6.07) is 0.855. The Bertz CT molecular complexity index is 561. The minimum absolute atomic E-state index is 0.106. The van der Waals surface area contributed by atoms with E-state index >= 15 is 0 Å². The number of alkyl halides is 3. The Morgan fingerprint density at radius 2 is 2.06 bits per heavy atom. The standard InChI is InChI=1S/C10H10F3N5/c1-2-18-5-6(4-15-18)7-3-8(10(11,12)13)17-9(14)16-7/h3-5H,2H2,1H3,(H2,14,16,17). The summed E-state index contributed by atoms with van der Waals surface area (Å²) in [5, 5.41) is 3.97. The number of anilines is 1. The van der Waals surface area contributed by atoms with Gasteiger partial charge in [0.05, 0.1) is 11.9 Å². The van der Waals surface area contributed by atoms with Crippen molar-refractivity contribution >= 4 is 5.95 Å². The highest BCUT2D eigenvalue weighted by atomic mass is 19.4. The first kappa shape index (κ1) is 12.3. The first-order valence-corrected chi connectivity index (χ1v) is 5.14. The van der Waals surface area contributed by atoms with Crippen LogP contribution in [0.1, 0.15) is 12.6 Å². The summed E-state index contributed by atoms with van der Waals surface area (Å²) in [6.45, 7) is 2.49. The molecule has 0 saturated heterocycles. The molecular formula is C10H10F3N5. The molecule has 8 heteroatoms. The molecule has 2 heterocycles. The second-order valence-electron chi connectivity index (χ2n) is 3.58. The van der Waals surface area contributed by atoms with Crippen LogP contribution in [0.5, 0.6) is 0 Å². The summed E-state index contributed by atoms with van der Waals surface area (Å²) in [7, 11) is 0. The zero-order valence-corrected chi connectivity index (χ0v) is 9.44. The van der Waals surface area contributed by atoms with Gasteiger partial charge in [0, 0.05) is 18.3 Å². The Kier molecular flexibility index (Phi) is 2.93. The van der Waals surface area contributed by atoms with E-state index in [0.717, 1.165) is 6.07 Å². The quantitative estimate of drug-likeness (QED) is 0.892. The SMILES string of the molecule is CCn1cc(-c2cc(C(F)(F)F)nc(N)n2)cn1. The molecule has 0 fully saturated rings. The molecule has 96 valence electrons. The van der Waals surface area contributed by atoms with Gasteiger partial charge in [-0.3, -0.25) is 4.68 Å². The van der Waals surface area contributed by atoms with Crippen LogP contribution in [0.2, 0.25) is 0 Å². The van der Waals surface area contributed by atoms with Gasteiger partial charge in [0.1, 0.15) is 0 Å². The van der Waals surface area contributed by atoms with Gasteiger partial charge in [-0.05, 0) is 13.0 Å². The number of rotatable bonds is 2. The normalized spacial score (nSPS) is 11.8. The molecule has 0 radical (unpaired) electrons. The zero-order valence-electron chi connectivity index (χ0n) is 9.44. The van der Waals surface area contributed by atoms with Crippen molar-refractivity contribution in [2.45, 2.75) is 19.6 Å². The van der Waals surface area contributed by atoms with E-state index in [1.165, 1.54) is 6.20 Å². The highest BCUT2D eigenvalue weighted by molar-refractivity contribution is 5.58. The minimum atomic E-state index is -4.55. The van der Waals surface area contributed by atoms with Crippen LogP contribution in [0.15, 0.2) is 18.5 Å². The largest absolute Gasteiger partial charge is 0.433 e. The van der Waals surface area contributed by atoms with Crippen molar-refractivity contribution in [2.24, 2.45) is 0 Å². The number of halogens is 3. The number of hydrogen-bond acceptors (Lipinski definition) is 4. The smallest absolute Gasteiger partial charge is 0.368 e. The van der Waals surface area contributed by atoms with Crippen molar-refractivity contribution in [3.63, 3.8) is 0 Å². The van der Waals surface area contributed by atoms with Crippen LogP contribution >= 0.6 is 0 Å². The summed E-state index contributed by atoms with van der Waals surface area (Å²) < 4.78 is 39.3. The van der Waals surface area contributed by atoms with Crippen LogP contribution in [0, 0.1) is 0 Å². The highest BCUT2D eigenvalue weighted by Gasteiger charge is 2.33. The van der Waals surface area contributed by atoms with E-state index in [1.807, 2.05) is 6.92 Å². The van der Waals surface area contributed by atoms with Crippen molar-refractivity contribution < 1.29 is 13.2 Å². The maximum absolute atomic E-state index is 12.6. The fourth-order valence-electron chi connectivity index (χ4n) is 1.43. The predicted octanol–water partition coefficient (Wildman–Crippen LogP) is 1.96. The fraction of sp³-hybridized carbons (Fsp3) is 0.300. The second kappa shape index (κ2) is 4.28. The van der Waals surface area contributed by atoms with Crippen molar-refractivity contribution in [1.82, 2.24) is 19.7 Å². The highest BCUT2D eigenvalue weighted by Crippen LogP contribution is 2.30. The third kappa shape index (κ3) is 2.41. The average molecular weight is 257 g/mol. The Labute approximate surface area is 100 Å². The Morgan fingerprint density at radius 1 is 1.33 bits per heavy atom. The zero-order chi connectivity index (χ0) is 13.3. The van der Waals surface area contributed by atoms with E-state index in [-0.39, 0.29) is 5.69 Å². The first-order valence-electron chi connectivity index (χ1n) is 5.14. The van der Waals surface area contributed by atoms with Crippen LogP contribution in [-0.2, 0) is 12.7 Å². The molecule has 0 aromatic carbocycles. The molecule has 0 aliphatic rings. The van der Waals surface area contributed by atoms with Crippen molar-refractivity contribution in [1.29, 1.82) is 0 Å². The van der Waals surface area contributed by atoms with Gasteiger partial charge in [-0.15, -0.1) is 0 Å². The summed E-state index contributed by atoms with van der Waals surface area (Å²) in [4.78, 5) is 6.95. The van der Waals surface area contributed by atoms with E-state index < -0.39 is 17.8 Å². The second-order valence-corrected chi connectivity index (χ2v) is 3.58. The van der Waals surface area contributed by atoms with Crippen LogP contribution in [-0.4, -0.2) is 19.7 Å². The average Bonchev–Trinajstić information content (AvgIpc) is 2.75. The number of nitrogens with zero attached hydrogens (tertiary/aromatic N) is 4. The summed E-state index contributed by atoms with van der Waals surface area (Å²) in [6.07, 6.45) is -1.51. The van der Waals surface area contributed by atoms with Crippen LogP contribution in [0.3, 0.4) is 0 Å². The van der Waals surface area contributed by atoms with Gasteiger partial charge in [-0.1, -0.05) is 0 Å². The van der Waals surface area contributed by atoms with E-state index in [0.29, 0.717) is 12.1 Å². The third-order valence-corrected chi connectivity index (χ3v) is 2.29. The first-order chi connectivity index (χ1) is 8.40. The Hall–Kier alpha value is -2.12. The molecule has 2 N–H and O–H groups in total. The van der Waals surface area contributed by atoms with E-state index in [2.05, 4.69) is 15.1 Å². The van der Waals surface area contributed by atoms with Gasteiger partial charge in [0.15, 0.2) is 5.69 Å². The molecule has 0 atom stereocenters. The number of nitrogen functional groups attached to an aromatic ring is 1. The van der Waals surface area contributed by atoms with Gasteiger partial charge in [-0.2, -0.15) is 18.3 Å². The molecule has 0 aliphatic heterocycles. The molecule has 5 nitrogen and oxygen atoms in total. The lowest BCUT2D eigenvalue weighted by Gasteiger charge is -2.07. The van der Waals surface area contributed by atoms with Crippen LogP contribution < -0.4 is 5.73 Å². The van der Waals surface area contributed by atoms with Gasteiger partial charge < -0.3 is 5.73 Å². The molecule has 0 unspecified atom stereocenters. The molecular weight excluding hydrogens is 247 g/mol. The lowest BCUT2D eigenvalue weighted by atomic mass is 10.2. The molecule has 0 bridgehead atoms. The predicted molar refractivity (Wildman–Crippen MR) is 58.3 cm³/mol. The molecule has 2 aromatic rings. The Morgan fingerprint density at radius 3 is 2.61 bits per heavy atom. The lowest BCUT2D eigenvalue weighted by molar-refractivity contribution is -0.141. The van der Waals surface area contributed by atoms with Crippen molar-refractivity contribution in [3.8, 4) is 11.3 Å². The number of aryl methyl sites for hydroxylation is 1. The molecule has 18 heavy (non-hydrogen) atoms. The maximum atomic E-state index is 12.6. The fourth-order valence-corrected chi connectivity index (χ4v) is 1.43. The maximum Gasteiger partial charge on any atom is 0.433 e. The Balaban J connectivity index is 2.48. The van der Waals surface area contributed by atoms with Crippen molar-refractivity contribution in [3.05, 3.63) is 24.2 Å². The monoisotopic (exact) mass is 257 g/mol. The van der Waals surface area contributed by atoms with E-state index in [9.17, 15) is 13.2 Å². The van der Waals surface area contributed by atoms with Crippen LogP contribution in [0.4, 0.5) is 19.1 Å². The summed E-state index contributed by atoms with van der Waals surface area (Å²) in [5.74, 6) is -0.413. The van der Waals surface area contributed by atoms with Crippen molar-refractivity contribution in [2.75, 3.05) is 5.73 Å². The molecule has 0 spiro atoms. The van der Waals surface area contributed by atoms with E-state index in [4.69, 9.17) is 5.73 Å². The summed E-state index contributed by atoms with van der Waals surface area (Å²) >= 11 is 0. The summed E-state index contributed by atoms with van der Waals surface area (Å²) in [5.41, 5.74) is 4.80. The van der Waals surface area contributed by atoms with E-state index in [1.54, 1.807) is 10.9 Å². The third-order valence-electron chi connectivity index (χ3n) is 2.29. The molecule has 0 amide bonds. The number of aromatic nitrogens is 4.